The second kappa shape index (κ2) is 6.00. The summed E-state index contributed by atoms with van der Waals surface area (Å²) in [6.07, 6.45) is 0.908. The number of carbonyl (C=O) groups is 2. The van der Waals surface area contributed by atoms with E-state index in [2.05, 4.69) is 19.2 Å². The van der Waals surface area contributed by atoms with Crippen LogP contribution < -0.4 is 5.32 Å². The third-order valence-electron chi connectivity index (χ3n) is 3.12. The summed E-state index contributed by atoms with van der Waals surface area (Å²) >= 11 is 0. The van der Waals surface area contributed by atoms with Crippen molar-refractivity contribution in [1.82, 2.24) is 10.2 Å². The van der Waals surface area contributed by atoms with Gasteiger partial charge < -0.3 is 15.3 Å². The standard InChI is InChI=1S/C12H22N2O3/c1-8(2)4-5-14-7-10(12(16)17)6-13-9(3)11(14)15/h8-10,13H,4-7H2,1-3H3,(H,16,17). The Morgan fingerprint density at radius 1 is 1.59 bits per heavy atom. The molecule has 1 saturated heterocycles. The van der Waals surface area contributed by atoms with Gasteiger partial charge in [0.15, 0.2) is 0 Å². The van der Waals surface area contributed by atoms with Crippen LogP contribution in [0.15, 0.2) is 0 Å². The number of carboxylic acids is 1. The number of amides is 1. The van der Waals surface area contributed by atoms with Gasteiger partial charge >= 0.3 is 5.97 Å². The van der Waals surface area contributed by atoms with Crippen molar-refractivity contribution < 1.29 is 14.7 Å². The van der Waals surface area contributed by atoms with Gasteiger partial charge in [0.1, 0.15) is 0 Å². The lowest BCUT2D eigenvalue weighted by atomic mass is 10.1. The first-order valence-electron chi connectivity index (χ1n) is 6.16. The van der Waals surface area contributed by atoms with Crippen molar-refractivity contribution in [2.75, 3.05) is 19.6 Å². The average Bonchev–Trinajstić information content (AvgIpc) is 2.38. The largest absolute Gasteiger partial charge is 0.481 e. The predicted octanol–water partition coefficient (Wildman–Crippen LogP) is 0.554. The maximum Gasteiger partial charge on any atom is 0.309 e. The molecule has 1 heterocycles. The topological polar surface area (TPSA) is 69.6 Å². The number of carbonyl (C=O) groups excluding carboxylic acids is 1. The quantitative estimate of drug-likeness (QED) is 0.755. The van der Waals surface area contributed by atoms with Crippen LogP contribution in [0.25, 0.3) is 0 Å². The van der Waals surface area contributed by atoms with Crippen LogP contribution in [0, 0.1) is 11.8 Å². The van der Waals surface area contributed by atoms with E-state index >= 15 is 0 Å². The fourth-order valence-corrected chi connectivity index (χ4v) is 1.88. The highest BCUT2D eigenvalue weighted by Gasteiger charge is 2.30. The van der Waals surface area contributed by atoms with E-state index in [-0.39, 0.29) is 11.9 Å². The molecule has 1 aliphatic rings. The molecule has 1 fully saturated rings. The Morgan fingerprint density at radius 3 is 2.76 bits per heavy atom. The Hall–Kier alpha value is -1.10. The number of aliphatic carboxylic acids is 1. The summed E-state index contributed by atoms with van der Waals surface area (Å²) < 4.78 is 0. The molecule has 0 saturated carbocycles. The van der Waals surface area contributed by atoms with E-state index in [1.165, 1.54) is 0 Å². The summed E-state index contributed by atoms with van der Waals surface area (Å²) in [7, 11) is 0. The number of hydrogen-bond acceptors (Lipinski definition) is 3. The van der Waals surface area contributed by atoms with Crippen LogP contribution in [0.5, 0.6) is 0 Å². The molecule has 98 valence electrons. The molecule has 2 unspecified atom stereocenters. The number of nitrogens with zero attached hydrogens (tertiary/aromatic N) is 1. The fourth-order valence-electron chi connectivity index (χ4n) is 1.88. The average molecular weight is 242 g/mol. The van der Waals surface area contributed by atoms with Gasteiger partial charge in [-0.15, -0.1) is 0 Å². The van der Waals surface area contributed by atoms with Crippen LogP contribution in [0.2, 0.25) is 0 Å². The normalized spacial score (nSPS) is 26.1. The minimum Gasteiger partial charge on any atom is -0.481 e. The third kappa shape index (κ3) is 4.00. The van der Waals surface area contributed by atoms with Gasteiger partial charge in [0.2, 0.25) is 5.91 Å². The maximum atomic E-state index is 12.0. The summed E-state index contributed by atoms with van der Waals surface area (Å²) in [5.41, 5.74) is 0. The molecule has 0 aliphatic carbocycles. The number of rotatable bonds is 4. The van der Waals surface area contributed by atoms with E-state index in [9.17, 15) is 9.59 Å². The molecule has 1 rings (SSSR count). The molecular formula is C12H22N2O3. The van der Waals surface area contributed by atoms with Crippen LogP contribution in [-0.2, 0) is 9.59 Å². The molecule has 1 aliphatic heterocycles. The van der Waals surface area contributed by atoms with E-state index in [0.29, 0.717) is 25.6 Å². The van der Waals surface area contributed by atoms with Crippen molar-refractivity contribution >= 4 is 11.9 Å². The van der Waals surface area contributed by atoms with Gasteiger partial charge in [-0.25, -0.2) is 0 Å². The first-order chi connectivity index (χ1) is 7.91. The van der Waals surface area contributed by atoms with Crippen molar-refractivity contribution in [1.29, 1.82) is 0 Å². The summed E-state index contributed by atoms with van der Waals surface area (Å²) in [4.78, 5) is 24.7. The molecule has 0 aromatic rings. The van der Waals surface area contributed by atoms with Crippen molar-refractivity contribution in [3.63, 3.8) is 0 Å². The van der Waals surface area contributed by atoms with Gasteiger partial charge in [0.05, 0.1) is 12.0 Å². The van der Waals surface area contributed by atoms with Crippen LogP contribution in [0.3, 0.4) is 0 Å². The molecule has 0 spiro atoms. The van der Waals surface area contributed by atoms with Gasteiger partial charge in [-0.3, -0.25) is 9.59 Å². The van der Waals surface area contributed by atoms with Crippen LogP contribution in [-0.4, -0.2) is 47.6 Å². The lowest BCUT2D eigenvalue weighted by molar-refractivity contribution is -0.142. The Balaban J connectivity index is 2.68. The van der Waals surface area contributed by atoms with E-state index < -0.39 is 11.9 Å². The molecule has 2 N–H and O–H groups in total. The zero-order valence-corrected chi connectivity index (χ0v) is 10.8. The smallest absolute Gasteiger partial charge is 0.309 e. The van der Waals surface area contributed by atoms with E-state index in [1.54, 1.807) is 11.8 Å². The number of hydrogen-bond donors (Lipinski definition) is 2. The van der Waals surface area contributed by atoms with E-state index in [1.807, 2.05) is 0 Å². The maximum absolute atomic E-state index is 12.0. The van der Waals surface area contributed by atoms with Crippen LogP contribution in [0.1, 0.15) is 27.2 Å². The first-order valence-corrected chi connectivity index (χ1v) is 6.16. The van der Waals surface area contributed by atoms with Gasteiger partial charge in [-0.2, -0.15) is 0 Å². The van der Waals surface area contributed by atoms with Crippen molar-refractivity contribution in [3.8, 4) is 0 Å². The van der Waals surface area contributed by atoms with Crippen molar-refractivity contribution in [3.05, 3.63) is 0 Å². The SMILES string of the molecule is CC(C)CCN1CC(C(=O)O)CNC(C)C1=O. The summed E-state index contributed by atoms with van der Waals surface area (Å²) in [6.45, 7) is 7.30. The lowest BCUT2D eigenvalue weighted by Crippen LogP contribution is -2.42. The number of nitrogens with one attached hydrogen (secondary N) is 1. The van der Waals surface area contributed by atoms with Gasteiger partial charge in [-0.05, 0) is 19.3 Å². The summed E-state index contributed by atoms with van der Waals surface area (Å²) in [6, 6.07) is -0.286. The minimum atomic E-state index is -0.839. The Bertz CT molecular complexity index is 291. The highest BCUT2D eigenvalue weighted by atomic mass is 16.4. The highest BCUT2D eigenvalue weighted by Crippen LogP contribution is 2.11. The number of carboxylic acid groups (broad SMARTS) is 1. The van der Waals surface area contributed by atoms with Gasteiger partial charge in [0, 0.05) is 19.6 Å². The zero-order chi connectivity index (χ0) is 13.0. The molecule has 5 heteroatoms. The molecular weight excluding hydrogens is 220 g/mol. The molecule has 0 aromatic carbocycles. The molecule has 1 amide bonds. The van der Waals surface area contributed by atoms with Gasteiger partial charge in [-0.1, -0.05) is 13.8 Å². The molecule has 0 radical (unpaired) electrons. The second-order valence-corrected chi connectivity index (χ2v) is 5.13. The zero-order valence-electron chi connectivity index (χ0n) is 10.8. The summed E-state index contributed by atoms with van der Waals surface area (Å²) in [5.74, 6) is -0.822. The van der Waals surface area contributed by atoms with Gasteiger partial charge in [0.25, 0.3) is 0 Å². The monoisotopic (exact) mass is 242 g/mol. The second-order valence-electron chi connectivity index (χ2n) is 5.13. The molecule has 5 nitrogen and oxygen atoms in total. The Labute approximate surface area is 102 Å². The first kappa shape index (κ1) is 14.0. The van der Waals surface area contributed by atoms with E-state index in [4.69, 9.17) is 5.11 Å². The fraction of sp³-hybridized carbons (Fsp3) is 0.833. The minimum absolute atomic E-state index is 0.00870. The molecule has 17 heavy (non-hydrogen) atoms. The van der Waals surface area contributed by atoms with Crippen LogP contribution >= 0.6 is 0 Å². The van der Waals surface area contributed by atoms with Crippen molar-refractivity contribution in [2.45, 2.75) is 33.2 Å². The lowest BCUT2D eigenvalue weighted by Gasteiger charge is -2.24. The highest BCUT2D eigenvalue weighted by molar-refractivity contribution is 5.83. The Morgan fingerprint density at radius 2 is 2.24 bits per heavy atom. The molecule has 0 aromatic heterocycles. The van der Waals surface area contributed by atoms with Crippen LogP contribution in [0.4, 0.5) is 0 Å². The Kier molecular flexibility index (Phi) is 4.93. The van der Waals surface area contributed by atoms with Crippen molar-refractivity contribution in [2.24, 2.45) is 11.8 Å². The molecule has 2 atom stereocenters. The summed E-state index contributed by atoms with van der Waals surface area (Å²) in [5, 5.41) is 12.0. The third-order valence-corrected chi connectivity index (χ3v) is 3.12. The molecule has 0 bridgehead atoms. The van der Waals surface area contributed by atoms with E-state index in [0.717, 1.165) is 6.42 Å². The predicted molar refractivity (Wildman–Crippen MR) is 64.6 cm³/mol.